The highest BCUT2D eigenvalue weighted by Crippen LogP contribution is 2.04. The SMILES string of the molecule is [N-]=[N+]=NCCCCNC(=O)c1cncs1. The maximum absolute atomic E-state index is 11.4. The molecule has 0 saturated heterocycles. The first kappa shape index (κ1) is 11.5. The van der Waals surface area contributed by atoms with Crippen LogP contribution in [0.25, 0.3) is 10.4 Å². The molecule has 0 aliphatic heterocycles. The zero-order chi connectivity index (χ0) is 10.9. The number of aromatic nitrogens is 1. The van der Waals surface area contributed by atoms with Crippen molar-refractivity contribution in [1.82, 2.24) is 10.3 Å². The number of hydrogen-bond acceptors (Lipinski definition) is 4. The molecule has 15 heavy (non-hydrogen) atoms. The van der Waals surface area contributed by atoms with Crippen LogP contribution in [0.5, 0.6) is 0 Å². The molecule has 0 fully saturated rings. The number of unbranched alkanes of at least 4 members (excludes halogenated alkanes) is 1. The van der Waals surface area contributed by atoms with E-state index in [0.29, 0.717) is 18.0 Å². The largest absolute Gasteiger partial charge is 0.351 e. The molecule has 7 heteroatoms. The topological polar surface area (TPSA) is 90.8 Å². The minimum Gasteiger partial charge on any atom is -0.351 e. The third-order valence-electron chi connectivity index (χ3n) is 1.69. The van der Waals surface area contributed by atoms with E-state index in [-0.39, 0.29) is 5.91 Å². The first-order valence-corrected chi connectivity index (χ1v) is 5.40. The first-order valence-electron chi connectivity index (χ1n) is 4.52. The van der Waals surface area contributed by atoms with Crippen LogP contribution in [-0.4, -0.2) is 24.0 Å². The maximum atomic E-state index is 11.4. The molecule has 80 valence electrons. The Kier molecular flexibility index (Phi) is 5.21. The standard InChI is InChI=1S/C8H11N5OS/c9-13-12-4-2-1-3-11-8(14)7-5-10-6-15-7/h5-6H,1-4H2,(H,11,14). The fourth-order valence-electron chi connectivity index (χ4n) is 0.969. The summed E-state index contributed by atoms with van der Waals surface area (Å²) in [5, 5.41) is 6.16. The molecule has 1 aromatic heterocycles. The van der Waals surface area contributed by atoms with Gasteiger partial charge in [0, 0.05) is 18.0 Å². The molecule has 0 aromatic carbocycles. The van der Waals surface area contributed by atoms with Crippen LogP contribution in [0.3, 0.4) is 0 Å². The van der Waals surface area contributed by atoms with Gasteiger partial charge in [-0.1, -0.05) is 5.11 Å². The van der Waals surface area contributed by atoms with Crippen LogP contribution in [0.2, 0.25) is 0 Å². The van der Waals surface area contributed by atoms with Gasteiger partial charge >= 0.3 is 0 Å². The summed E-state index contributed by atoms with van der Waals surface area (Å²) in [4.78, 5) is 18.4. The van der Waals surface area contributed by atoms with Crippen molar-refractivity contribution < 1.29 is 4.79 Å². The van der Waals surface area contributed by atoms with Crippen molar-refractivity contribution in [1.29, 1.82) is 0 Å². The van der Waals surface area contributed by atoms with Gasteiger partial charge in [0.15, 0.2) is 0 Å². The molecule has 1 heterocycles. The molecule has 0 saturated carbocycles. The van der Waals surface area contributed by atoms with E-state index in [1.165, 1.54) is 11.3 Å². The van der Waals surface area contributed by atoms with Gasteiger partial charge in [0.2, 0.25) is 0 Å². The molecule has 0 atom stereocenters. The van der Waals surface area contributed by atoms with E-state index in [1.54, 1.807) is 11.7 Å². The molecule has 0 bridgehead atoms. The first-order chi connectivity index (χ1) is 7.34. The minimum atomic E-state index is -0.0960. The van der Waals surface area contributed by atoms with Gasteiger partial charge in [-0.3, -0.25) is 9.78 Å². The third kappa shape index (κ3) is 4.44. The zero-order valence-corrected chi connectivity index (χ0v) is 8.90. The number of nitrogens with zero attached hydrogens (tertiary/aromatic N) is 4. The number of thiazole rings is 1. The Morgan fingerprint density at radius 2 is 2.53 bits per heavy atom. The van der Waals surface area contributed by atoms with E-state index >= 15 is 0 Å². The van der Waals surface area contributed by atoms with Crippen LogP contribution >= 0.6 is 11.3 Å². The average Bonchev–Trinajstić information content (AvgIpc) is 2.76. The fourth-order valence-corrected chi connectivity index (χ4v) is 1.51. The van der Waals surface area contributed by atoms with Crippen LogP contribution in [0.15, 0.2) is 16.8 Å². The van der Waals surface area contributed by atoms with Gasteiger partial charge in [-0.2, -0.15) is 0 Å². The average molecular weight is 225 g/mol. The summed E-state index contributed by atoms with van der Waals surface area (Å²) in [6.45, 7) is 1.07. The van der Waals surface area contributed by atoms with Crippen molar-refractivity contribution >= 4 is 17.2 Å². The second kappa shape index (κ2) is 6.80. The molecule has 0 radical (unpaired) electrons. The van der Waals surface area contributed by atoms with Gasteiger partial charge in [0.25, 0.3) is 5.91 Å². The van der Waals surface area contributed by atoms with Gasteiger partial charge in [0.1, 0.15) is 4.88 Å². The zero-order valence-electron chi connectivity index (χ0n) is 8.09. The summed E-state index contributed by atoms with van der Waals surface area (Å²) in [6.07, 6.45) is 3.14. The minimum absolute atomic E-state index is 0.0960. The van der Waals surface area contributed by atoms with Crippen molar-refractivity contribution in [2.75, 3.05) is 13.1 Å². The Labute approximate surface area is 91.0 Å². The van der Waals surface area contributed by atoms with Gasteiger partial charge in [0.05, 0.1) is 11.7 Å². The Balaban J connectivity index is 2.10. The lowest BCUT2D eigenvalue weighted by atomic mass is 10.3. The fraction of sp³-hybridized carbons (Fsp3) is 0.500. The van der Waals surface area contributed by atoms with Gasteiger partial charge in [-0.25, -0.2) is 0 Å². The number of azide groups is 1. The Morgan fingerprint density at radius 1 is 1.67 bits per heavy atom. The molecular weight excluding hydrogens is 214 g/mol. The maximum Gasteiger partial charge on any atom is 0.262 e. The number of amides is 1. The molecule has 0 aliphatic rings. The molecule has 0 unspecified atom stereocenters. The van der Waals surface area contributed by atoms with E-state index in [4.69, 9.17) is 5.53 Å². The second-order valence-electron chi connectivity index (χ2n) is 2.78. The lowest BCUT2D eigenvalue weighted by Gasteiger charge is -2.01. The van der Waals surface area contributed by atoms with E-state index < -0.39 is 0 Å². The van der Waals surface area contributed by atoms with E-state index in [1.807, 2.05) is 0 Å². The lowest BCUT2D eigenvalue weighted by molar-refractivity contribution is 0.0957. The summed E-state index contributed by atoms with van der Waals surface area (Å²) in [7, 11) is 0. The summed E-state index contributed by atoms with van der Waals surface area (Å²) >= 11 is 1.31. The summed E-state index contributed by atoms with van der Waals surface area (Å²) < 4.78 is 0. The monoisotopic (exact) mass is 225 g/mol. The predicted octanol–water partition coefficient (Wildman–Crippen LogP) is 1.96. The van der Waals surface area contributed by atoms with Crippen LogP contribution in [0.1, 0.15) is 22.5 Å². The molecular formula is C8H11N5OS. The third-order valence-corrected chi connectivity index (χ3v) is 2.46. The van der Waals surface area contributed by atoms with Gasteiger partial charge in [-0.15, -0.1) is 11.3 Å². The van der Waals surface area contributed by atoms with Gasteiger partial charge in [-0.05, 0) is 18.4 Å². The molecule has 0 spiro atoms. The molecule has 1 N–H and O–H groups in total. The highest BCUT2D eigenvalue weighted by atomic mass is 32.1. The normalized spacial score (nSPS) is 9.33. The molecule has 6 nitrogen and oxygen atoms in total. The van der Waals surface area contributed by atoms with E-state index in [9.17, 15) is 4.79 Å². The van der Waals surface area contributed by atoms with Crippen molar-refractivity contribution in [3.8, 4) is 0 Å². The van der Waals surface area contributed by atoms with Crippen molar-refractivity contribution in [3.63, 3.8) is 0 Å². The molecule has 1 amide bonds. The lowest BCUT2D eigenvalue weighted by Crippen LogP contribution is -2.23. The van der Waals surface area contributed by atoms with E-state index in [2.05, 4.69) is 20.3 Å². The molecule has 0 aliphatic carbocycles. The molecule has 1 rings (SSSR count). The highest BCUT2D eigenvalue weighted by Gasteiger charge is 2.04. The number of hydrogen-bond donors (Lipinski definition) is 1. The Bertz CT molecular complexity index is 344. The van der Waals surface area contributed by atoms with Crippen molar-refractivity contribution in [2.45, 2.75) is 12.8 Å². The van der Waals surface area contributed by atoms with E-state index in [0.717, 1.165) is 12.8 Å². The Morgan fingerprint density at radius 3 is 3.20 bits per heavy atom. The summed E-state index contributed by atoms with van der Waals surface area (Å²) in [5.74, 6) is -0.0960. The molecule has 1 aromatic rings. The van der Waals surface area contributed by atoms with Crippen LogP contribution in [-0.2, 0) is 0 Å². The van der Waals surface area contributed by atoms with Crippen LogP contribution in [0.4, 0.5) is 0 Å². The number of nitrogens with one attached hydrogen (secondary N) is 1. The van der Waals surface area contributed by atoms with Crippen molar-refractivity contribution in [2.24, 2.45) is 5.11 Å². The van der Waals surface area contributed by atoms with Crippen LogP contribution in [0, 0.1) is 0 Å². The Hall–Kier alpha value is -1.59. The summed E-state index contributed by atoms with van der Waals surface area (Å²) in [6, 6.07) is 0. The number of carbonyl (C=O) groups is 1. The quantitative estimate of drug-likeness (QED) is 0.347. The highest BCUT2D eigenvalue weighted by molar-refractivity contribution is 7.11. The predicted molar refractivity (Wildman–Crippen MR) is 57.7 cm³/mol. The van der Waals surface area contributed by atoms with Crippen LogP contribution < -0.4 is 5.32 Å². The van der Waals surface area contributed by atoms with Crippen molar-refractivity contribution in [3.05, 3.63) is 27.0 Å². The number of carbonyl (C=O) groups excluding carboxylic acids is 1. The smallest absolute Gasteiger partial charge is 0.262 e. The number of rotatable bonds is 6. The second-order valence-corrected chi connectivity index (χ2v) is 3.67. The van der Waals surface area contributed by atoms with Gasteiger partial charge < -0.3 is 5.32 Å². The summed E-state index contributed by atoms with van der Waals surface area (Å²) in [5.41, 5.74) is 9.64.